The Morgan fingerprint density at radius 2 is 2.09 bits per heavy atom. The SMILES string of the molecule is C/C=C/CCNC(=NC)NCc1ccc(F)cc1CSC.I. The average molecular weight is 437 g/mol. The average Bonchev–Trinajstić information content (AvgIpc) is 2.48. The summed E-state index contributed by atoms with van der Waals surface area (Å²) in [4.78, 5) is 4.19. The minimum atomic E-state index is -0.184. The standard InChI is InChI=1S/C16H24FN3S.HI/c1-4-5-6-9-19-16(18-2)20-11-13-7-8-15(17)10-14(13)12-21-3;/h4-5,7-8,10H,6,9,11-12H2,1-3H3,(H2,18,19,20);1H/b5-4+;. The second-order valence-electron chi connectivity index (χ2n) is 4.56. The number of hydrogen-bond acceptors (Lipinski definition) is 2. The van der Waals surface area contributed by atoms with Gasteiger partial charge in [0, 0.05) is 25.9 Å². The van der Waals surface area contributed by atoms with Crippen molar-refractivity contribution in [3.63, 3.8) is 0 Å². The van der Waals surface area contributed by atoms with Gasteiger partial charge in [-0.15, -0.1) is 24.0 Å². The number of aliphatic imine (C=N–C) groups is 1. The van der Waals surface area contributed by atoms with Gasteiger partial charge in [-0.25, -0.2) is 4.39 Å². The van der Waals surface area contributed by atoms with Gasteiger partial charge in [-0.1, -0.05) is 18.2 Å². The van der Waals surface area contributed by atoms with E-state index in [0.29, 0.717) is 6.54 Å². The minimum absolute atomic E-state index is 0. The van der Waals surface area contributed by atoms with E-state index >= 15 is 0 Å². The molecule has 0 saturated carbocycles. The van der Waals surface area contributed by atoms with Gasteiger partial charge in [-0.3, -0.25) is 4.99 Å². The lowest BCUT2D eigenvalue weighted by molar-refractivity contribution is 0.625. The molecule has 0 aromatic heterocycles. The molecule has 0 bridgehead atoms. The van der Waals surface area contributed by atoms with Crippen molar-refractivity contribution in [2.75, 3.05) is 19.8 Å². The molecule has 1 rings (SSSR count). The second-order valence-corrected chi connectivity index (χ2v) is 5.42. The van der Waals surface area contributed by atoms with E-state index in [1.54, 1.807) is 24.9 Å². The molecule has 1 aromatic rings. The molecule has 3 nitrogen and oxygen atoms in total. The van der Waals surface area contributed by atoms with Gasteiger partial charge in [0.15, 0.2) is 5.96 Å². The zero-order valence-electron chi connectivity index (χ0n) is 13.4. The van der Waals surface area contributed by atoms with Crippen LogP contribution in [0.15, 0.2) is 35.3 Å². The Morgan fingerprint density at radius 1 is 1.32 bits per heavy atom. The predicted molar refractivity (Wildman–Crippen MR) is 107 cm³/mol. The van der Waals surface area contributed by atoms with Gasteiger partial charge >= 0.3 is 0 Å². The van der Waals surface area contributed by atoms with Crippen molar-refractivity contribution in [1.29, 1.82) is 0 Å². The summed E-state index contributed by atoms with van der Waals surface area (Å²) in [6, 6.07) is 4.94. The van der Waals surface area contributed by atoms with Gasteiger partial charge in [0.05, 0.1) is 0 Å². The van der Waals surface area contributed by atoms with Gasteiger partial charge in [0.1, 0.15) is 5.82 Å². The first-order valence-electron chi connectivity index (χ1n) is 7.03. The summed E-state index contributed by atoms with van der Waals surface area (Å²) in [7, 11) is 1.75. The maximum Gasteiger partial charge on any atom is 0.191 e. The molecule has 0 amide bonds. The number of allylic oxidation sites excluding steroid dienone is 1. The van der Waals surface area contributed by atoms with Crippen molar-refractivity contribution < 1.29 is 4.39 Å². The van der Waals surface area contributed by atoms with Crippen molar-refractivity contribution in [2.24, 2.45) is 4.99 Å². The molecule has 0 unspecified atom stereocenters. The van der Waals surface area contributed by atoms with Gasteiger partial charge < -0.3 is 10.6 Å². The molecule has 0 aliphatic carbocycles. The van der Waals surface area contributed by atoms with E-state index in [0.717, 1.165) is 35.8 Å². The summed E-state index contributed by atoms with van der Waals surface area (Å²) < 4.78 is 13.3. The number of rotatable bonds is 7. The third-order valence-corrected chi connectivity index (χ3v) is 3.58. The quantitative estimate of drug-likeness (QED) is 0.223. The first-order chi connectivity index (χ1) is 10.2. The molecule has 0 atom stereocenters. The molecule has 6 heteroatoms. The smallest absolute Gasteiger partial charge is 0.191 e. The fourth-order valence-electron chi connectivity index (χ4n) is 1.90. The highest BCUT2D eigenvalue weighted by molar-refractivity contribution is 14.0. The molecular weight excluding hydrogens is 412 g/mol. The van der Waals surface area contributed by atoms with E-state index in [1.807, 2.05) is 25.3 Å². The molecular formula is C16H25FIN3S. The molecule has 0 aliphatic rings. The topological polar surface area (TPSA) is 36.4 Å². The fraction of sp³-hybridized carbons (Fsp3) is 0.438. The van der Waals surface area contributed by atoms with E-state index in [9.17, 15) is 4.39 Å². The summed E-state index contributed by atoms with van der Waals surface area (Å²) in [5, 5.41) is 6.51. The lowest BCUT2D eigenvalue weighted by Gasteiger charge is -2.13. The Hall–Kier alpha value is -0.760. The van der Waals surface area contributed by atoms with E-state index in [1.165, 1.54) is 6.07 Å². The number of nitrogens with one attached hydrogen (secondary N) is 2. The van der Waals surface area contributed by atoms with Crippen LogP contribution in [0.2, 0.25) is 0 Å². The van der Waals surface area contributed by atoms with E-state index in [-0.39, 0.29) is 29.8 Å². The van der Waals surface area contributed by atoms with Gasteiger partial charge in [-0.05, 0) is 42.9 Å². The first-order valence-corrected chi connectivity index (χ1v) is 8.42. The lowest BCUT2D eigenvalue weighted by Crippen LogP contribution is -2.37. The highest BCUT2D eigenvalue weighted by Crippen LogP contribution is 2.16. The zero-order chi connectivity index (χ0) is 15.5. The largest absolute Gasteiger partial charge is 0.356 e. The summed E-state index contributed by atoms with van der Waals surface area (Å²) in [6.07, 6.45) is 7.12. The molecule has 0 aliphatic heterocycles. The maximum absolute atomic E-state index is 13.3. The van der Waals surface area contributed by atoms with Gasteiger partial charge in [0.25, 0.3) is 0 Å². The summed E-state index contributed by atoms with van der Waals surface area (Å²) in [5.74, 6) is 1.39. The summed E-state index contributed by atoms with van der Waals surface area (Å²) >= 11 is 1.69. The summed E-state index contributed by atoms with van der Waals surface area (Å²) in [6.45, 7) is 3.49. The molecule has 22 heavy (non-hydrogen) atoms. The Kier molecular flexibility index (Phi) is 12.3. The fourth-order valence-corrected chi connectivity index (χ4v) is 2.48. The van der Waals surface area contributed by atoms with Crippen LogP contribution in [-0.4, -0.2) is 25.8 Å². The van der Waals surface area contributed by atoms with Crippen molar-refractivity contribution in [3.8, 4) is 0 Å². The van der Waals surface area contributed by atoms with Crippen LogP contribution >= 0.6 is 35.7 Å². The normalized spacial score (nSPS) is 11.4. The Bertz CT molecular complexity index is 492. The second kappa shape index (κ2) is 12.8. The molecule has 1 aromatic carbocycles. The molecule has 0 saturated heterocycles. The monoisotopic (exact) mass is 437 g/mol. The van der Waals surface area contributed by atoms with Crippen LogP contribution in [0.3, 0.4) is 0 Å². The molecule has 0 heterocycles. The van der Waals surface area contributed by atoms with E-state index in [2.05, 4.69) is 21.7 Å². The zero-order valence-corrected chi connectivity index (χ0v) is 16.5. The van der Waals surface area contributed by atoms with E-state index in [4.69, 9.17) is 0 Å². The van der Waals surface area contributed by atoms with Crippen LogP contribution in [0.4, 0.5) is 4.39 Å². The van der Waals surface area contributed by atoms with Crippen LogP contribution in [-0.2, 0) is 12.3 Å². The third-order valence-electron chi connectivity index (χ3n) is 2.98. The number of nitrogens with zero attached hydrogens (tertiary/aromatic N) is 1. The molecule has 0 spiro atoms. The first kappa shape index (κ1) is 21.2. The molecule has 0 fully saturated rings. The Labute approximate surface area is 154 Å². The van der Waals surface area contributed by atoms with Gasteiger partial charge in [0.2, 0.25) is 0 Å². The van der Waals surface area contributed by atoms with Crippen molar-refractivity contribution >= 4 is 41.7 Å². The number of benzene rings is 1. The minimum Gasteiger partial charge on any atom is -0.356 e. The highest BCUT2D eigenvalue weighted by Gasteiger charge is 2.05. The van der Waals surface area contributed by atoms with Gasteiger partial charge in [-0.2, -0.15) is 11.8 Å². The van der Waals surface area contributed by atoms with Crippen molar-refractivity contribution in [2.45, 2.75) is 25.6 Å². The lowest BCUT2D eigenvalue weighted by atomic mass is 10.1. The number of thioether (sulfide) groups is 1. The van der Waals surface area contributed by atoms with Crippen LogP contribution in [0.5, 0.6) is 0 Å². The number of hydrogen-bond donors (Lipinski definition) is 2. The third kappa shape index (κ3) is 8.03. The summed E-state index contributed by atoms with van der Waals surface area (Å²) in [5.41, 5.74) is 2.13. The van der Waals surface area contributed by atoms with Crippen LogP contribution in [0.25, 0.3) is 0 Å². The van der Waals surface area contributed by atoms with Crippen LogP contribution in [0.1, 0.15) is 24.5 Å². The highest BCUT2D eigenvalue weighted by atomic mass is 127. The van der Waals surface area contributed by atoms with E-state index < -0.39 is 0 Å². The Morgan fingerprint density at radius 3 is 2.73 bits per heavy atom. The van der Waals surface area contributed by atoms with Crippen LogP contribution in [0, 0.1) is 5.82 Å². The molecule has 0 radical (unpaired) electrons. The maximum atomic E-state index is 13.3. The van der Waals surface area contributed by atoms with Crippen molar-refractivity contribution in [1.82, 2.24) is 10.6 Å². The van der Waals surface area contributed by atoms with Crippen molar-refractivity contribution in [3.05, 3.63) is 47.3 Å². The Balaban J connectivity index is 0.00000441. The molecule has 124 valence electrons. The van der Waals surface area contributed by atoms with Crippen LogP contribution < -0.4 is 10.6 Å². The molecule has 2 N–H and O–H groups in total. The predicted octanol–water partition coefficient (Wildman–Crippen LogP) is 3.94. The number of guanidine groups is 1. The number of halogens is 2.